The molecule has 1 atom stereocenters. The van der Waals surface area contributed by atoms with E-state index in [2.05, 4.69) is 33.9 Å². The molecule has 1 amide bonds. The Labute approximate surface area is 193 Å². The van der Waals surface area contributed by atoms with Gasteiger partial charge in [0.2, 0.25) is 5.91 Å². The van der Waals surface area contributed by atoms with Crippen molar-refractivity contribution in [2.24, 2.45) is 16.3 Å². The third kappa shape index (κ3) is 5.20. The smallest absolute Gasteiger partial charge is 0.239 e. The van der Waals surface area contributed by atoms with Crippen molar-refractivity contribution in [3.05, 3.63) is 0 Å². The molecule has 6 nitrogen and oxygen atoms in total. The molecule has 2 aliphatic carbocycles. The van der Waals surface area contributed by atoms with Crippen molar-refractivity contribution in [3.8, 4) is 0 Å². The minimum absolute atomic E-state index is 0. The lowest BCUT2D eigenvalue weighted by molar-refractivity contribution is -0.135. The van der Waals surface area contributed by atoms with E-state index in [1.807, 2.05) is 0 Å². The summed E-state index contributed by atoms with van der Waals surface area (Å²) in [6, 6.07) is 0.00730. The Morgan fingerprint density at radius 2 is 1.69 bits per heavy atom. The number of nitrogens with one attached hydrogen (secondary N) is 1. The summed E-state index contributed by atoms with van der Waals surface area (Å²) >= 11 is 0. The fraction of sp³-hybridized carbons (Fsp3) is 0.909. The number of guanidine groups is 1. The molecule has 166 valence electrons. The van der Waals surface area contributed by atoms with Gasteiger partial charge in [0.25, 0.3) is 0 Å². The van der Waals surface area contributed by atoms with Gasteiger partial charge < -0.3 is 15.1 Å². The van der Waals surface area contributed by atoms with Crippen LogP contribution in [0.3, 0.4) is 0 Å². The second kappa shape index (κ2) is 10.2. The highest BCUT2D eigenvalue weighted by atomic mass is 127. The summed E-state index contributed by atoms with van der Waals surface area (Å²) in [6.07, 6.45) is 9.33. The van der Waals surface area contributed by atoms with E-state index in [1.165, 1.54) is 32.1 Å². The summed E-state index contributed by atoms with van der Waals surface area (Å²) in [5, 5.41) is 3.53. The minimum Gasteiger partial charge on any atom is -0.357 e. The van der Waals surface area contributed by atoms with Crippen LogP contribution in [0.5, 0.6) is 0 Å². The lowest BCUT2D eigenvalue weighted by atomic mass is 9.65. The number of carbonyl (C=O) groups is 1. The summed E-state index contributed by atoms with van der Waals surface area (Å²) in [4.78, 5) is 24.6. The average molecular weight is 518 g/mol. The van der Waals surface area contributed by atoms with Gasteiger partial charge in [0.1, 0.15) is 0 Å². The van der Waals surface area contributed by atoms with Gasteiger partial charge in [0.15, 0.2) is 5.96 Å². The topological polar surface area (TPSA) is 51.2 Å². The Balaban J connectivity index is 0.00000240. The van der Waals surface area contributed by atoms with E-state index in [0.717, 1.165) is 77.1 Å². The molecular weight excluding hydrogens is 477 g/mol. The fourth-order valence-corrected chi connectivity index (χ4v) is 5.36. The number of amides is 1. The van der Waals surface area contributed by atoms with Crippen molar-refractivity contribution >= 4 is 35.8 Å². The third-order valence-electron chi connectivity index (χ3n) is 7.61. The summed E-state index contributed by atoms with van der Waals surface area (Å²) < 4.78 is 0. The number of likely N-dealkylation sites (tertiary alicyclic amines) is 1. The van der Waals surface area contributed by atoms with Crippen LogP contribution < -0.4 is 5.32 Å². The van der Waals surface area contributed by atoms with Crippen molar-refractivity contribution in [3.63, 3.8) is 0 Å². The predicted molar refractivity (Wildman–Crippen MR) is 129 cm³/mol. The van der Waals surface area contributed by atoms with E-state index >= 15 is 0 Å². The first-order valence-corrected chi connectivity index (χ1v) is 11.7. The highest BCUT2D eigenvalue weighted by Gasteiger charge is 2.48. The molecule has 2 saturated carbocycles. The molecule has 4 aliphatic rings. The van der Waals surface area contributed by atoms with Crippen LogP contribution in [0.1, 0.15) is 58.8 Å². The van der Waals surface area contributed by atoms with E-state index in [0.29, 0.717) is 11.3 Å². The SMILES string of the molecule is CCNC(=NCC1(C2CC2)CCC1)N1CCN(C(C)C(=O)N2CCCC2)CC1.I. The molecule has 2 saturated heterocycles. The van der Waals surface area contributed by atoms with Gasteiger partial charge in [-0.2, -0.15) is 0 Å². The number of hydrogen-bond acceptors (Lipinski definition) is 3. The monoisotopic (exact) mass is 517 g/mol. The molecule has 29 heavy (non-hydrogen) atoms. The first-order chi connectivity index (χ1) is 13.6. The maximum atomic E-state index is 12.7. The molecule has 4 rings (SSSR count). The second-order valence-electron chi connectivity index (χ2n) is 9.39. The molecule has 1 unspecified atom stereocenters. The van der Waals surface area contributed by atoms with Crippen molar-refractivity contribution < 1.29 is 4.79 Å². The number of nitrogens with zero attached hydrogens (tertiary/aromatic N) is 4. The van der Waals surface area contributed by atoms with E-state index < -0.39 is 0 Å². The van der Waals surface area contributed by atoms with Crippen LogP contribution in [-0.2, 0) is 4.79 Å². The van der Waals surface area contributed by atoms with Crippen molar-refractivity contribution in [2.75, 3.05) is 52.4 Å². The largest absolute Gasteiger partial charge is 0.357 e. The molecule has 1 N–H and O–H groups in total. The van der Waals surface area contributed by atoms with Crippen LogP contribution >= 0.6 is 24.0 Å². The quantitative estimate of drug-likeness (QED) is 0.335. The van der Waals surface area contributed by atoms with Crippen molar-refractivity contribution in [1.29, 1.82) is 0 Å². The molecule has 0 spiro atoms. The molecular formula is C22H40IN5O. The Morgan fingerprint density at radius 3 is 2.21 bits per heavy atom. The van der Waals surface area contributed by atoms with Crippen LogP contribution in [0.15, 0.2) is 4.99 Å². The Morgan fingerprint density at radius 1 is 1.03 bits per heavy atom. The third-order valence-corrected chi connectivity index (χ3v) is 7.61. The lowest BCUT2D eigenvalue weighted by Gasteiger charge is -2.42. The molecule has 0 aromatic heterocycles. The van der Waals surface area contributed by atoms with Crippen LogP contribution in [0, 0.1) is 11.3 Å². The number of carbonyl (C=O) groups excluding carboxylic acids is 1. The van der Waals surface area contributed by atoms with E-state index in [-0.39, 0.29) is 30.0 Å². The number of rotatable bonds is 6. The fourth-order valence-electron chi connectivity index (χ4n) is 5.36. The zero-order valence-corrected chi connectivity index (χ0v) is 20.7. The molecule has 0 aromatic carbocycles. The zero-order chi connectivity index (χ0) is 19.6. The van der Waals surface area contributed by atoms with Gasteiger partial charge in [-0.1, -0.05) is 6.42 Å². The lowest BCUT2D eigenvalue weighted by Crippen LogP contribution is -2.57. The normalized spacial score (nSPS) is 25.9. The first kappa shape index (κ1) is 23.1. The van der Waals surface area contributed by atoms with Crippen molar-refractivity contribution in [2.45, 2.75) is 64.8 Å². The van der Waals surface area contributed by atoms with Gasteiger partial charge in [-0.05, 0) is 63.7 Å². The minimum atomic E-state index is 0. The molecule has 2 heterocycles. The van der Waals surface area contributed by atoms with Crippen LogP contribution in [-0.4, -0.2) is 85.0 Å². The highest BCUT2D eigenvalue weighted by Crippen LogP contribution is 2.57. The van der Waals surface area contributed by atoms with Crippen LogP contribution in [0.4, 0.5) is 0 Å². The number of piperazine rings is 1. The maximum absolute atomic E-state index is 12.7. The number of hydrogen-bond donors (Lipinski definition) is 1. The van der Waals surface area contributed by atoms with Gasteiger partial charge in [-0.3, -0.25) is 14.7 Å². The summed E-state index contributed by atoms with van der Waals surface area (Å²) in [5.41, 5.74) is 0.527. The van der Waals surface area contributed by atoms with Crippen LogP contribution in [0.2, 0.25) is 0 Å². The summed E-state index contributed by atoms with van der Waals surface area (Å²) in [5.74, 6) is 2.36. The maximum Gasteiger partial charge on any atom is 0.239 e. The first-order valence-electron chi connectivity index (χ1n) is 11.7. The molecule has 0 radical (unpaired) electrons. The van der Waals surface area contributed by atoms with E-state index in [9.17, 15) is 4.79 Å². The molecule has 0 aromatic rings. The molecule has 4 fully saturated rings. The van der Waals surface area contributed by atoms with Gasteiger partial charge >= 0.3 is 0 Å². The Bertz CT molecular complexity index is 576. The number of halogens is 1. The highest BCUT2D eigenvalue weighted by molar-refractivity contribution is 14.0. The average Bonchev–Trinajstić information content (AvgIpc) is 3.38. The summed E-state index contributed by atoms with van der Waals surface area (Å²) in [7, 11) is 0. The predicted octanol–water partition coefficient (Wildman–Crippen LogP) is 2.78. The molecule has 7 heteroatoms. The molecule has 2 aliphatic heterocycles. The second-order valence-corrected chi connectivity index (χ2v) is 9.39. The molecule has 0 bridgehead atoms. The van der Waals surface area contributed by atoms with E-state index in [4.69, 9.17) is 4.99 Å². The van der Waals surface area contributed by atoms with E-state index in [1.54, 1.807) is 0 Å². The Kier molecular flexibility index (Phi) is 8.09. The van der Waals surface area contributed by atoms with Gasteiger partial charge in [0.05, 0.1) is 6.04 Å². The van der Waals surface area contributed by atoms with Crippen molar-refractivity contribution in [1.82, 2.24) is 20.0 Å². The standard InChI is InChI=1S/C22H39N5O.HI/c1-3-23-21(24-17-22(9-6-10-22)19-7-8-19)27-15-13-25(14-16-27)18(2)20(28)26-11-4-5-12-26;/h18-19H,3-17H2,1-2H3,(H,23,24);1H. The van der Waals surface area contributed by atoms with Gasteiger partial charge in [-0.25, -0.2) is 0 Å². The Hall–Kier alpha value is -0.570. The zero-order valence-electron chi connectivity index (χ0n) is 18.4. The summed E-state index contributed by atoms with van der Waals surface area (Å²) in [6.45, 7) is 11.9. The number of aliphatic imine (C=N–C) groups is 1. The van der Waals surface area contributed by atoms with Gasteiger partial charge in [0, 0.05) is 52.4 Å². The van der Waals surface area contributed by atoms with Crippen LogP contribution in [0.25, 0.3) is 0 Å². The van der Waals surface area contributed by atoms with Gasteiger partial charge in [-0.15, -0.1) is 24.0 Å².